The Kier molecular flexibility index (Phi) is 3.33. The van der Waals surface area contributed by atoms with Crippen LogP contribution in [0.3, 0.4) is 0 Å². The molecule has 1 aromatic carbocycles. The quantitative estimate of drug-likeness (QED) is 0.817. The number of rotatable bonds is 4. The molecule has 3 rings (SSSR count). The van der Waals surface area contributed by atoms with Gasteiger partial charge in [0.05, 0.1) is 6.61 Å². The fourth-order valence-corrected chi connectivity index (χ4v) is 2.66. The highest BCUT2D eigenvalue weighted by Gasteiger charge is 2.23. The second-order valence-corrected chi connectivity index (χ2v) is 5.01. The Bertz CT molecular complexity index is 447. The van der Waals surface area contributed by atoms with Crippen molar-refractivity contribution < 1.29 is 14.3 Å². The number of ketones is 1. The van der Waals surface area contributed by atoms with Crippen LogP contribution < -0.4 is 4.74 Å². The molecule has 18 heavy (non-hydrogen) atoms. The first-order valence-corrected chi connectivity index (χ1v) is 6.72. The Morgan fingerprint density at radius 2 is 2.28 bits per heavy atom. The highest BCUT2D eigenvalue weighted by molar-refractivity contribution is 5.83. The molecule has 2 heterocycles. The SMILES string of the molecule is O=C(CCc1ccc2c(c1)CCO2)C1CCCO1. The largest absolute Gasteiger partial charge is 0.493 e. The second kappa shape index (κ2) is 5.11. The van der Waals surface area contributed by atoms with Crippen molar-refractivity contribution in [2.45, 2.75) is 38.2 Å². The minimum atomic E-state index is -0.136. The normalized spacial score (nSPS) is 21.7. The molecular weight excluding hydrogens is 228 g/mol. The first-order valence-electron chi connectivity index (χ1n) is 6.72. The Morgan fingerprint density at radius 3 is 3.11 bits per heavy atom. The van der Waals surface area contributed by atoms with E-state index in [-0.39, 0.29) is 11.9 Å². The lowest BCUT2D eigenvalue weighted by Crippen LogP contribution is -2.19. The van der Waals surface area contributed by atoms with Crippen molar-refractivity contribution in [1.82, 2.24) is 0 Å². The Hall–Kier alpha value is -1.35. The molecule has 0 radical (unpaired) electrons. The number of hydrogen-bond donors (Lipinski definition) is 0. The van der Waals surface area contributed by atoms with Gasteiger partial charge in [-0.05, 0) is 36.5 Å². The second-order valence-electron chi connectivity index (χ2n) is 5.01. The summed E-state index contributed by atoms with van der Waals surface area (Å²) in [4.78, 5) is 11.9. The van der Waals surface area contributed by atoms with Gasteiger partial charge < -0.3 is 9.47 Å². The predicted octanol–water partition coefficient (Wildman–Crippen LogP) is 2.30. The fourth-order valence-electron chi connectivity index (χ4n) is 2.66. The lowest BCUT2D eigenvalue weighted by Gasteiger charge is -2.08. The smallest absolute Gasteiger partial charge is 0.161 e. The van der Waals surface area contributed by atoms with Crippen LogP contribution in [-0.2, 0) is 22.4 Å². The molecule has 2 aliphatic heterocycles. The van der Waals surface area contributed by atoms with Crippen molar-refractivity contribution in [2.75, 3.05) is 13.2 Å². The number of aryl methyl sites for hydroxylation is 1. The van der Waals surface area contributed by atoms with Gasteiger partial charge in [0, 0.05) is 19.4 Å². The highest BCUT2D eigenvalue weighted by atomic mass is 16.5. The van der Waals surface area contributed by atoms with Crippen LogP contribution in [0.25, 0.3) is 0 Å². The van der Waals surface area contributed by atoms with E-state index in [2.05, 4.69) is 12.1 Å². The number of carbonyl (C=O) groups is 1. The zero-order valence-electron chi connectivity index (χ0n) is 10.5. The molecular formula is C15H18O3. The van der Waals surface area contributed by atoms with E-state index in [4.69, 9.17) is 9.47 Å². The zero-order valence-corrected chi connectivity index (χ0v) is 10.5. The summed E-state index contributed by atoms with van der Waals surface area (Å²) in [7, 11) is 0. The molecule has 0 saturated carbocycles. The third-order valence-corrected chi connectivity index (χ3v) is 3.70. The maximum Gasteiger partial charge on any atom is 0.161 e. The summed E-state index contributed by atoms with van der Waals surface area (Å²) in [6, 6.07) is 6.26. The van der Waals surface area contributed by atoms with Gasteiger partial charge >= 0.3 is 0 Å². The molecule has 96 valence electrons. The van der Waals surface area contributed by atoms with Crippen molar-refractivity contribution in [3.8, 4) is 5.75 Å². The third-order valence-electron chi connectivity index (χ3n) is 3.70. The summed E-state index contributed by atoms with van der Waals surface area (Å²) >= 11 is 0. The molecule has 1 fully saturated rings. The van der Waals surface area contributed by atoms with Gasteiger partial charge in [0.15, 0.2) is 5.78 Å². The van der Waals surface area contributed by atoms with Crippen LogP contribution in [0.4, 0.5) is 0 Å². The van der Waals surface area contributed by atoms with Crippen molar-refractivity contribution in [3.05, 3.63) is 29.3 Å². The lowest BCUT2D eigenvalue weighted by molar-refractivity contribution is -0.127. The monoisotopic (exact) mass is 246 g/mol. The van der Waals surface area contributed by atoms with E-state index in [9.17, 15) is 4.79 Å². The van der Waals surface area contributed by atoms with Gasteiger partial charge in [0.25, 0.3) is 0 Å². The maximum atomic E-state index is 11.9. The van der Waals surface area contributed by atoms with E-state index in [1.807, 2.05) is 6.07 Å². The lowest BCUT2D eigenvalue weighted by atomic mass is 10.0. The molecule has 0 N–H and O–H groups in total. The van der Waals surface area contributed by atoms with E-state index in [0.29, 0.717) is 6.42 Å². The number of carbonyl (C=O) groups excluding carboxylic acids is 1. The predicted molar refractivity (Wildman–Crippen MR) is 67.9 cm³/mol. The van der Waals surface area contributed by atoms with Crippen LogP contribution in [0.1, 0.15) is 30.4 Å². The summed E-state index contributed by atoms with van der Waals surface area (Å²) in [5.74, 6) is 1.26. The molecule has 0 amide bonds. The average molecular weight is 246 g/mol. The molecule has 0 bridgehead atoms. The molecule has 3 heteroatoms. The maximum absolute atomic E-state index is 11.9. The molecule has 0 spiro atoms. The first kappa shape index (κ1) is 11.7. The summed E-state index contributed by atoms with van der Waals surface area (Å²) < 4.78 is 10.9. The summed E-state index contributed by atoms with van der Waals surface area (Å²) in [6.45, 7) is 1.53. The minimum Gasteiger partial charge on any atom is -0.493 e. The summed E-state index contributed by atoms with van der Waals surface area (Å²) in [6.07, 6.45) is 4.17. The molecule has 1 aromatic rings. The van der Waals surface area contributed by atoms with Gasteiger partial charge in [-0.3, -0.25) is 4.79 Å². The summed E-state index contributed by atoms with van der Waals surface area (Å²) in [5, 5.41) is 0. The molecule has 2 aliphatic rings. The molecule has 1 saturated heterocycles. The van der Waals surface area contributed by atoms with Gasteiger partial charge in [-0.15, -0.1) is 0 Å². The van der Waals surface area contributed by atoms with E-state index in [0.717, 1.165) is 44.6 Å². The standard InChI is InChI=1S/C15H18O3/c16-13(15-2-1-8-17-15)5-3-11-4-6-14-12(10-11)7-9-18-14/h4,6,10,15H,1-3,5,7-9H2. The Labute approximate surface area is 107 Å². The Morgan fingerprint density at radius 1 is 1.33 bits per heavy atom. The zero-order chi connectivity index (χ0) is 12.4. The first-order chi connectivity index (χ1) is 8.83. The minimum absolute atomic E-state index is 0.136. The topological polar surface area (TPSA) is 35.5 Å². The van der Waals surface area contributed by atoms with E-state index in [1.165, 1.54) is 11.1 Å². The highest BCUT2D eigenvalue weighted by Crippen LogP contribution is 2.26. The summed E-state index contributed by atoms with van der Waals surface area (Å²) in [5.41, 5.74) is 2.50. The molecule has 1 atom stereocenters. The van der Waals surface area contributed by atoms with Crippen LogP contribution in [-0.4, -0.2) is 25.1 Å². The Balaban J connectivity index is 1.58. The number of Topliss-reactive ketones (excluding diaryl/α,β-unsaturated/α-hetero) is 1. The number of ether oxygens (including phenoxy) is 2. The van der Waals surface area contributed by atoms with Crippen molar-refractivity contribution >= 4 is 5.78 Å². The fraction of sp³-hybridized carbons (Fsp3) is 0.533. The average Bonchev–Trinajstić information content (AvgIpc) is 3.05. The van der Waals surface area contributed by atoms with Crippen LogP contribution in [0.15, 0.2) is 18.2 Å². The van der Waals surface area contributed by atoms with Crippen LogP contribution >= 0.6 is 0 Å². The number of fused-ring (bicyclic) bond motifs is 1. The number of hydrogen-bond acceptors (Lipinski definition) is 3. The van der Waals surface area contributed by atoms with Gasteiger partial charge in [-0.25, -0.2) is 0 Å². The van der Waals surface area contributed by atoms with Crippen molar-refractivity contribution in [2.24, 2.45) is 0 Å². The van der Waals surface area contributed by atoms with Crippen molar-refractivity contribution in [3.63, 3.8) is 0 Å². The van der Waals surface area contributed by atoms with Gasteiger partial charge in [0.2, 0.25) is 0 Å². The molecule has 0 aromatic heterocycles. The van der Waals surface area contributed by atoms with Gasteiger partial charge in [0.1, 0.15) is 11.9 Å². The van der Waals surface area contributed by atoms with E-state index in [1.54, 1.807) is 0 Å². The van der Waals surface area contributed by atoms with Gasteiger partial charge in [-0.2, -0.15) is 0 Å². The van der Waals surface area contributed by atoms with E-state index >= 15 is 0 Å². The molecule has 0 aliphatic carbocycles. The molecule has 1 unspecified atom stereocenters. The number of benzene rings is 1. The molecule has 3 nitrogen and oxygen atoms in total. The van der Waals surface area contributed by atoms with E-state index < -0.39 is 0 Å². The third kappa shape index (κ3) is 2.41. The van der Waals surface area contributed by atoms with Crippen LogP contribution in [0.2, 0.25) is 0 Å². The van der Waals surface area contributed by atoms with Gasteiger partial charge in [-0.1, -0.05) is 12.1 Å². The van der Waals surface area contributed by atoms with Crippen molar-refractivity contribution in [1.29, 1.82) is 0 Å². The van der Waals surface area contributed by atoms with Crippen LogP contribution in [0, 0.1) is 0 Å². The van der Waals surface area contributed by atoms with Crippen LogP contribution in [0.5, 0.6) is 5.75 Å².